The summed E-state index contributed by atoms with van der Waals surface area (Å²) in [5.74, 6) is 0.504. The Morgan fingerprint density at radius 2 is 1.61 bits per heavy atom. The van der Waals surface area contributed by atoms with Crippen molar-refractivity contribution in [2.45, 2.75) is 25.1 Å². The standard InChI is InChI=1S/C29H24F4N6OS/c30-20-7-3-17(4-8-20)26-34-23-15-22(24(38-11-13-40-14-12-38)16-25(23)39(26)21-9-10-21)35-28-37-36-27(41-28)18-1-5-19(6-2-18)29(31,32)33/h1-8,15-16,21H,9-14H2,(H,35,37). The fourth-order valence-corrected chi connectivity index (χ4v) is 5.87. The lowest BCUT2D eigenvalue weighted by Gasteiger charge is -2.30. The van der Waals surface area contributed by atoms with Gasteiger partial charge in [-0.2, -0.15) is 13.2 Å². The molecule has 1 saturated heterocycles. The average molecular weight is 581 g/mol. The first-order valence-electron chi connectivity index (χ1n) is 13.3. The molecule has 1 N–H and O–H groups in total. The van der Waals surface area contributed by atoms with Crippen LogP contribution in [0.4, 0.5) is 34.1 Å². The van der Waals surface area contributed by atoms with Crippen molar-refractivity contribution in [3.63, 3.8) is 0 Å². The van der Waals surface area contributed by atoms with E-state index in [1.54, 1.807) is 12.1 Å². The van der Waals surface area contributed by atoms with E-state index in [1.807, 2.05) is 6.07 Å². The van der Waals surface area contributed by atoms with Gasteiger partial charge in [-0.1, -0.05) is 23.5 Å². The van der Waals surface area contributed by atoms with Crippen molar-refractivity contribution in [1.82, 2.24) is 19.7 Å². The largest absolute Gasteiger partial charge is 0.416 e. The maximum Gasteiger partial charge on any atom is 0.416 e. The molecule has 41 heavy (non-hydrogen) atoms. The van der Waals surface area contributed by atoms with Crippen LogP contribution >= 0.6 is 11.3 Å². The fraction of sp³-hybridized carbons (Fsp3) is 0.276. The van der Waals surface area contributed by atoms with Crippen LogP contribution < -0.4 is 10.2 Å². The minimum absolute atomic E-state index is 0.295. The summed E-state index contributed by atoms with van der Waals surface area (Å²) in [7, 11) is 0. The van der Waals surface area contributed by atoms with E-state index in [-0.39, 0.29) is 5.82 Å². The van der Waals surface area contributed by atoms with Crippen molar-refractivity contribution < 1.29 is 22.3 Å². The van der Waals surface area contributed by atoms with E-state index in [0.29, 0.717) is 35.0 Å². The lowest BCUT2D eigenvalue weighted by Crippen LogP contribution is -2.36. The van der Waals surface area contributed by atoms with Crippen molar-refractivity contribution in [3.8, 4) is 22.0 Å². The van der Waals surface area contributed by atoms with E-state index in [2.05, 4.69) is 31.0 Å². The van der Waals surface area contributed by atoms with Gasteiger partial charge in [0, 0.05) is 30.3 Å². The average Bonchev–Trinajstić information content (AvgIpc) is 3.59. The number of benzene rings is 3. The van der Waals surface area contributed by atoms with Gasteiger partial charge in [0.1, 0.15) is 16.6 Å². The number of hydrogen-bond acceptors (Lipinski definition) is 7. The Morgan fingerprint density at radius 3 is 2.29 bits per heavy atom. The zero-order valence-corrected chi connectivity index (χ0v) is 22.5. The zero-order chi connectivity index (χ0) is 28.1. The first-order valence-corrected chi connectivity index (χ1v) is 14.1. The van der Waals surface area contributed by atoms with E-state index in [9.17, 15) is 17.6 Å². The molecule has 2 aromatic heterocycles. The molecule has 12 heteroatoms. The summed E-state index contributed by atoms with van der Waals surface area (Å²) in [5, 5.41) is 12.9. The van der Waals surface area contributed by atoms with Crippen molar-refractivity contribution in [2.75, 3.05) is 36.5 Å². The van der Waals surface area contributed by atoms with Gasteiger partial charge >= 0.3 is 6.18 Å². The number of rotatable bonds is 6. The van der Waals surface area contributed by atoms with Gasteiger partial charge in [-0.25, -0.2) is 9.37 Å². The van der Waals surface area contributed by atoms with Crippen LogP contribution in [-0.2, 0) is 10.9 Å². The Labute approximate surface area is 236 Å². The molecule has 5 aromatic rings. The predicted octanol–water partition coefficient (Wildman–Crippen LogP) is 7.29. The van der Waals surface area contributed by atoms with Crippen molar-refractivity contribution >= 4 is 38.9 Å². The Bertz CT molecular complexity index is 1700. The summed E-state index contributed by atoms with van der Waals surface area (Å²) < 4.78 is 60.5. The van der Waals surface area contributed by atoms with Gasteiger partial charge < -0.3 is 19.5 Å². The summed E-state index contributed by atoms with van der Waals surface area (Å²) >= 11 is 1.26. The summed E-state index contributed by atoms with van der Waals surface area (Å²) in [6, 6.07) is 15.8. The van der Waals surface area contributed by atoms with E-state index >= 15 is 0 Å². The van der Waals surface area contributed by atoms with E-state index < -0.39 is 11.7 Å². The third kappa shape index (κ3) is 5.13. The van der Waals surface area contributed by atoms with Crippen LogP contribution in [0.15, 0.2) is 60.7 Å². The number of anilines is 3. The van der Waals surface area contributed by atoms with Crippen LogP contribution in [0.25, 0.3) is 33.0 Å². The lowest BCUT2D eigenvalue weighted by atomic mass is 10.1. The highest BCUT2D eigenvalue weighted by Gasteiger charge is 2.31. The first-order chi connectivity index (χ1) is 19.8. The molecule has 1 saturated carbocycles. The Morgan fingerprint density at radius 1 is 0.902 bits per heavy atom. The van der Waals surface area contributed by atoms with Crippen LogP contribution in [0.1, 0.15) is 24.4 Å². The van der Waals surface area contributed by atoms with Crippen molar-refractivity contribution in [1.29, 1.82) is 0 Å². The Kier molecular flexibility index (Phi) is 6.39. The molecule has 3 aromatic carbocycles. The van der Waals surface area contributed by atoms with Crippen molar-refractivity contribution in [3.05, 3.63) is 72.0 Å². The molecule has 1 aliphatic heterocycles. The van der Waals surface area contributed by atoms with Crippen LogP contribution in [0.2, 0.25) is 0 Å². The summed E-state index contributed by atoms with van der Waals surface area (Å²) in [4.78, 5) is 7.23. The molecule has 0 radical (unpaired) electrons. The normalized spacial score (nSPS) is 16.0. The van der Waals surface area contributed by atoms with Gasteiger partial charge in [-0.15, -0.1) is 10.2 Å². The minimum atomic E-state index is -4.40. The van der Waals surface area contributed by atoms with Gasteiger partial charge in [-0.3, -0.25) is 0 Å². The number of fused-ring (bicyclic) bond motifs is 1. The number of halogens is 4. The second kappa shape index (κ2) is 10.1. The molecule has 2 aliphatic rings. The molecule has 210 valence electrons. The highest BCUT2D eigenvalue weighted by Crippen LogP contribution is 2.44. The molecule has 0 amide bonds. The maximum atomic E-state index is 13.7. The van der Waals surface area contributed by atoms with E-state index in [0.717, 1.165) is 71.9 Å². The number of alkyl halides is 3. The minimum Gasteiger partial charge on any atom is -0.378 e. The molecule has 3 heterocycles. The SMILES string of the molecule is Fc1ccc(-c2nc3cc(Nc4nnc(-c5ccc(C(F)(F)F)cc5)s4)c(N4CCOCC4)cc3n2C2CC2)cc1. The molecule has 1 aliphatic carbocycles. The number of hydrogen-bond donors (Lipinski definition) is 1. The zero-order valence-electron chi connectivity index (χ0n) is 21.7. The lowest BCUT2D eigenvalue weighted by molar-refractivity contribution is -0.137. The van der Waals surface area contributed by atoms with Crippen LogP contribution in [0, 0.1) is 5.82 Å². The molecule has 7 rings (SSSR count). The summed E-state index contributed by atoms with van der Waals surface area (Å²) in [6.45, 7) is 2.65. The summed E-state index contributed by atoms with van der Waals surface area (Å²) in [6.07, 6.45) is -2.28. The number of nitrogens with zero attached hydrogens (tertiary/aromatic N) is 5. The highest BCUT2D eigenvalue weighted by atomic mass is 32.1. The summed E-state index contributed by atoms with van der Waals surface area (Å²) in [5.41, 5.74) is 4.25. The maximum absolute atomic E-state index is 13.7. The van der Waals surface area contributed by atoms with Gasteiger partial charge in [-0.05, 0) is 61.4 Å². The predicted molar refractivity (Wildman–Crippen MR) is 150 cm³/mol. The van der Waals surface area contributed by atoms with Gasteiger partial charge in [0.15, 0.2) is 0 Å². The Balaban J connectivity index is 1.27. The molecular weight excluding hydrogens is 556 g/mol. The topological polar surface area (TPSA) is 68.1 Å². The number of ether oxygens (including phenoxy) is 1. The van der Waals surface area contributed by atoms with Crippen LogP contribution in [0.5, 0.6) is 0 Å². The third-order valence-corrected chi connectivity index (χ3v) is 8.19. The monoisotopic (exact) mass is 580 g/mol. The molecule has 0 atom stereocenters. The van der Waals surface area contributed by atoms with Crippen molar-refractivity contribution in [2.24, 2.45) is 0 Å². The van der Waals surface area contributed by atoms with E-state index in [1.165, 1.54) is 35.6 Å². The Hall–Kier alpha value is -4.03. The fourth-order valence-electron chi connectivity index (χ4n) is 5.11. The molecule has 7 nitrogen and oxygen atoms in total. The highest BCUT2D eigenvalue weighted by molar-refractivity contribution is 7.18. The molecular formula is C29H24F4N6OS. The number of imidazole rings is 1. The smallest absolute Gasteiger partial charge is 0.378 e. The first kappa shape index (κ1) is 25.9. The molecule has 0 unspecified atom stereocenters. The molecule has 2 fully saturated rings. The molecule has 0 bridgehead atoms. The van der Waals surface area contributed by atoms with Gasteiger partial charge in [0.25, 0.3) is 0 Å². The number of morpholine rings is 1. The number of aromatic nitrogens is 4. The molecule has 0 spiro atoms. The van der Waals surface area contributed by atoms with Crippen LogP contribution in [0.3, 0.4) is 0 Å². The van der Waals surface area contributed by atoms with Crippen LogP contribution in [-0.4, -0.2) is 46.1 Å². The van der Waals surface area contributed by atoms with Gasteiger partial charge in [0.2, 0.25) is 5.13 Å². The third-order valence-electron chi connectivity index (χ3n) is 7.30. The van der Waals surface area contributed by atoms with E-state index in [4.69, 9.17) is 9.72 Å². The second-order valence-electron chi connectivity index (χ2n) is 10.1. The van der Waals surface area contributed by atoms with Gasteiger partial charge in [0.05, 0.1) is 41.2 Å². The second-order valence-corrected chi connectivity index (χ2v) is 11.1. The number of nitrogens with one attached hydrogen (secondary N) is 1. The quantitative estimate of drug-likeness (QED) is 0.213.